The summed E-state index contributed by atoms with van der Waals surface area (Å²) in [6.45, 7) is 0.965. The summed E-state index contributed by atoms with van der Waals surface area (Å²) in [6.07, 6.45) is 5.30. The molecule has 2 aromatic heterocycles. The van der Waals surface area contributed by atoms with E-state index in [4.69, 9.17) is 27.7 Å². The van der Waals surface area contributed by atoms with Crippen molar-refractivity contribution < 1.29 is 23.9 Å². The monoisotopic (exact) mass is 651 g/mol. The Hall–Kier alpha value is -5.02. The van der Waals surface area contributed by atoms with Crippen LogP contribution in [0.4, 0.5) is 0 Å². The number of rotatable bonds is 19. The van der Waals surface area contributed by atoms with Crippen LogP contribution >= 0.6 is 11.3 Å². The van der Waals surface area contributed by atoms with E-state index >= 15 is 0 Å². The quantitative estimate of drug-likeness (QED) is 0.0551. The van der Waals surface area contributed by atoms with E-state index < -0.39 is 41.8 Å². The van der Waals surface area contributed by atoms with Gasteiger partial charge < -0.3 is 43.6 Å². The minimum Gasteiger partial charge on any atom is -0.489 e. The van der Waals surface area contributed by atoms with Gasteiger partial charge >= 0.3 is 0 Å². The lowest BCUT2D eigenvalue weighted by atomic mass is 10.0. The molecule has 0 radical (unpaired) electrons. The minimum absolute atomic E-state index is 0.0867. The average Bonchev–Trinajstić information content (AvgIpc) is 3.59. The summed E-state index contributed by atoms with van der Waals surface area (Å²) in [5, 5.41) is 9.91. The van der Waals surface area contributed by atoms with Crippen LogP contribution in [-0.2, 0) is 21.0 Å². The molecule has 0 bridgehead atoms. The van der Waals surface area contributed by atoms with Gasteiger partial charge in [-0.15, -0.1) is 11.3 Å². The molecular weight excluding hydrogens is 610 g/mol. The molecule has 0 spiro atoms. The number of aliphatic imine (C=N–C) groups is 1. The van der Waals surface area contributed by atoms with Gasteiger partial charge in [-0.05, 0) is 85.5 Å². The standard InChI is InChI=1S/C31H41N9O5S/c32-14-2-1-5-23(38-28(42)24(6-3-15-37-31(34)35)39-30(44)25-7-4-18-46-25)29(43)40-26(27(33)41)21-8-10-22(11-9-21)45-19-20-12-16-36-17-13-20/h4,7-13,16-18,23-24,26H,1-3,5-6,14-15,19,32H2,(H2,33,41)(H,38,42)(H,39,44)(H,40,43)(H4,34,35,37)/t23-,24-,26-/m0/s1. The average molecular weight is 652 g/mol. The number of ether oxygens (including phenoxy) is 1. The first-order valence-electron chi connectivity index (χ1n) is 14.8. The number of hydrogen-bond acceptors (Lipinski definition) is 9. The van der Waals surface area contributed by atoms with Gasteiger partial charge in [0.2, 0.25) is 17.7 Å². The van der Waals surface area contributed by atoms with E-state index in [1.807, 2.05) is 12.1 Å². The molecule has 0 aliphatic carbocycles. The van der Waals surface area contributed by atoms with Crippen LogP contribution in [0, 0.1) is 0 Å². The molecule has 46 heavy (non-hydrogen) atoms. The highest BCUT2D eigenvalue weighted by Gasteiger charge is 2.29. The van der Waals surface area contributed by atoms with Crippen LogP contribution in [0.2, 0.25) is 0 Å². The van der Waals surface area contributed by atoms with Crippen molar-refractivity contribution in [2.75, 3.05) is 13.1 Å². The highest BCUT2D eigenvalue weighted by molar-refractivity contribution is 7.12. The van der Waals surface area contributed by atoms with Crippen molar-refractivity contribution >= 4 is 40.9 Å². The van der Waals surface area contributed by atoms with Crippen molar-refractivity contribution in [3.63, 3.8) is 0 Å². The molecule has 2 heterocycles. The predicted octanol–water partition coefficient (Wildman–Crippen LogP) is 0.831. The van der Waals surface area contributed by atoms with Gasteiger partial charge in [0.1, 0.15) is 30.5 Å². The molecule has 246 valence electrons. The van der Waals surface area contributed by atoms with E-state index in [9.17, 15) is 19.2 Å². The Morgan fingerprint density at radius 2 is 1.52 bits per heavy atom. The van der Waals surface area contributed by atoms with Crippen molar-refractivity contribution in [2.24, 2.45) is 27.9 Å². The summed E-state index contributed by atoms with van der Waals surface area (Å²) in [4.78, 5) is 60.6. The number of nitrogens with two attached hydrogens (primary N) is 4. The van der Waals surface area contributed by atoms with Gasteiger partial charge in [-0.1, -0.05) is 18.2 Å². The summed E-state index contributed by atoms with van der Waals surface area (Å²) in [5.74, 6) is -1.94. The van der Waals surface area contributed by atoms with Gasteiger partial charge in [0.15, 0.2) is 5.96 Å². The van der Waals surface area contributed by atoms with Gasteiger partial charge in [-0.3, -0.25) is 29.2 Å². The molecular formula is C31H41N9O5S. The number of benzene rings is 1. The Morgan fingerprint density at radius 3 is 2.15 bits per heavy atom. The SMILES string of the molecule is NCCCC[C@H](NC(=O)[C@H](CCCN=C(N)N)NC(=O)c1cccs1)C(=O)N[C@H](C(N)=O)c1ccc(OCc2ccncc2)cc1. The molecule has 15 heteroatoms. The van der Waals surface area contributed by atoms with Gasteiger partial charge in [-0.2, -0.15) is 0 Å². The largest absolute Gasteiger partial charge is 0.489 e. The number of nitrogens with zero attached hydrogens (tertiary/aromatic N) is 2. The Balaban J connectivity index is 1.71. The summed E-state index contributed by atoms with van der Waals surface area (Å²) in [6, 6.07) is 10.4. The number of aromatic nitrogens is 1. The molecule has 0 aliphatic rings. The first kappa shape index (κ1) is 35.5. The number of guanidine groups is 1. The number of carbonyl (C=O) groups is 4. The minimum atomic E-state index is -1.18. The van der Waals surface area contributed by atoms with Crippen LogP contribution in [-0.4, -0.2) is 59.7 Å². The Morgan fingerprint density at radius 1 is 0.848 bits per heavy atom. The summed E-state index contributed by atoms with van der Waals surface area (Å²) in [5.41, 5.74) is 23.5. The third-order valence-corrected chi connectivity index (χ3v) is 7.70. The van der Waals surface area contributed by atoms with Crippen LogP contribution in [0.3, 0.4) is 0 Å². The van der Waals surface area contributed by atoms with Gasteiger partial charge in [0.25, 0.3) is 5.91 Å². The van der Waals surface area contributed by atoms with Gasteiger partial charge in [-0.25, -0.2) is 0 Å². The van der Waals surface area contributed by atoms with Crippen LogP contribution < -0.4 is 43.6 Å². The zero-order valence-electron chi connectivity index (χ0n) is 25.4. The molecule has 14 nitrogen and oxygen atoms in total. The third-order valence-electron chi connectivity index (χ3n) is 6.83. The zero-order chi connectivity index (χ0) is 33.3. The van der Waals surface area contributed by atoms with E-state index in [1.54, 1.807) is 54.2 Å². The molecule has 3 atom stereocenters. The first-order chi connectivity index (χ1) is 22.2. The molecule has 0 unspecified atom stereocenters. The van der Waals surface area contributed by atoms with Crippen LogP contribution in [0.25, 0.3) is 0 Å². The molecule has 0 aliphatic heterocycles. The maximum atomic E-state index is 13.5. The van der Waals surface area contributed by atoms with Crippen LogP contribution in [0.1, 0.15) is 58.9 Å². The highest BCUT2D eigenvalue weighted by Crippen LogP contribution is 2.20. The number of nitrogens with one attached hydrogen (secondary N) is 3. The second-order valence-corrected chi connectivity index (χ2v) is 11.3. The fraction of sp³-hybridized carbons (Fsp3) is 0.355. The normalized spacial score (nSPS) is 12.6. The van der Waals surface area contributed by atoms with Crippen molar-refractivity contribution in [1.29, 1.82) is 0 Å². The van der Waals surface area contributed by atoms with Gasteiger partial charge in [0, 0.05) is 18.9 Å². The summed E-state index contributed by atoms with van der Waals surface area (Å²) in [7, 11) is 0. The van der Waals surface area contributed by atoms with Crippen LogP contribution in [0.5, 0.6) is 5.75 Å². The molecule has 3 aromatic rings. The number of hydrogen-bond donors (Lipinski definition) is 7. The van der Waals surface area contributed by atoms with Crippen molar-refractivity contribution in [1.82, 2.24) is 20.9 Å². The van der Waals surface area contributed by atoms with E-state index in [2.05, 4.69) is 25.9 Å². The number of unbranched alkanes of at least 4 members (excludes halogenated alkanes) is 1. The Labute approximate surface area is 271 Å². The number of amides is 4. The smallest absolute Gasteiger partial charge is 0.261 e. The Kier molecular flexibility index (Phi) is 14.4. The number of primary amides is 1. The second-order valence-electron chi connectivity index (χ2n) is 10.4. The maximum absolute atomic E-state index is 13.5. The Bertz CT molecular complexity index is 1430. The second kappa shape index (κ2) is 18.7. The molecule has 0 fully saturated rings. The molecule has 3 rings (SSSR count). The molecule has 0 saturated heterocycles. The van der Waals surface area contributed by atoms with Crippen LogP contribution in [0.15, 0.2) is 71.3 Å². The van der Waals surface area contributed by atoms with Crippen molar-refractivity contribution in [2.45, 2.75) is 56.8 Å². The van der Waals surface area contributed by atoms with E-state index in [-0.39, 0.29) is 25.3 Å². The van der Waals surface area contributed by atoms with E-state index in [0.717, 1.165) is 5.56 Å². The molecule has 11 N–H and O–H groups in total. The highest BCUT2D eigenvalue weighted by atomic mass is 32.1. The van der Waals surface area contributed by atoms with E-state index in [1.165, 1.54) is 11.3 Å². The molecule has 1 aromatic carbocycles. The number of pyridine rings is 1. The maximum Gasteiger partial charge on any atom is 0.261 e. The fourth-order valence-electron chi connectivity index (χ4n) is 4.41. The topological polar surface area (TPSA) is 243 Å². The lowest BCUT2D eigenvalue weighted by Crippen LogP contribution is -2.54. The lowest BCUT2D eigenvalue weighted by molar-refractivity contribution is -0.132. The number of thiophene rings is 1. The third kappa shape index (κ3) is 11.8. The number of carbonyl (C=O) groups excluding carboxylic acids is 4. The summed E-state index contributed by atoms with van der Waals surface area (Å²) < 4.78 is 5.79. The van der Waals surface area contributed by atoms with Gasteiger partial charge in [0.05, 0.1) is 4.88 Å². The first-order valence-corrected chi connectivity index (χ1v) is 15.7. The fourth-order valence-corrected chi connectivity index (χ4v) is 5.03. The summed E-state index contributed by atoms with van der Waals surface area (Å²) >= 11 is 1.23. The zero-order valence-corrected chi connectivity index (χ0v) is 26.2. The van der Waals surface area contributed by atoms with Crippen molar-refractivity contribution in [3.8, 4) is 5.75 Å². The molecule has 0 saturated carbocycles. The predicted molar refractivity (Wildman–Crippen MR) is 175 cm³/mol. The van der Waals surface area contributed by atoms with E-state index in [0.29, 0.717) is 48.6 Å². The lowest BCUT2D eigenvalue weighted by Gasteiger charge is -2.25. The van der Waals surface area contributed by atoms with Crippen molar-refractivity contribution in [3.05, 3.63) is 82.3 Å². The molecule has 4 amide bonds.